The molecule has 2 aromatic rings. The van der Waals surface area contributed by atoms with Gasteiger partial charge >= 0.3 is 0 Å². The first kappa shape index (κ1) is 9.34. The van der Waals surface area contributed by atoms with Crippen molar-refractivity contribution in [2.24, 2.45) is 7.05 Å². The molecule has 0 bridgehead atoms. The second-order valence-corrected chi connectivity index (χ2v) is 4.15. The average molecular weight is 204 g/mol. The lowest BCUT2D eigenvalue weighted by molar-refractivity contribution is 0.912. The summed E-state index contributed by atoms with van der Waals surface area (Å²) >= 11 is 1.76. The molecule has 3 heteroatoms. The summed E-state index contributed by atoms with van der Waals surface area (Å²) in [5.74, 6) is 0.984. The highest BCUT2D eigenvalue weighted by Gasteiger charge is 1.97. The van der Waals surface area contributed by atoms with Gasteiger partial charge in [-0.1, -0.05) is 30.3 Å². The summed E-state index contributed by atoms with van der Waals surface area (Å²) in [5.41, 5.74) is 1.34. The van der Waals surface area contributed by atoms with Gasteiger partial charge in [-0.25, -0.2) is 4.98 Å². The fraction of sp³-hybridized carbons (Fsp3) is 0.182. The second-order valence-electron chi connectivity index (χ2n) is 3.15. The van der Waals surface area contributed by atoms with Crippen LogP contribution in [-0.2, 0) is 12.8 Å². The van der Waals surface area contributed by atoms with Crippen LogP contribution in [0.5, 0.6) is 0 Å². The van der Waals surface area contributed by atoms with Crippen molar-refractivity contribution in [1.29, 1.82) is 0 Å². The Morgan fingerprint density at radius 2 is 2.07 bits per heavy atom. The van der Waals surface area contributed by atoms with Crippen molar-refractivity contribution in [2.75, 3.05) is 0 Å². The molecule has 0 amide bonds. The topological polar surface area (TPSA) is 17.8 Å². The Bertz CT molecular complexity index is 395. The van der Waals surface area contributed by atoms with E-state index in [1.807, 2.05) is 30.2 Å². The first-order chi connectivity index (χ1) is 6.84. The van der Waals surface area contributed by atoms with Crippen LogP contribution in [-0.4, -0.2) is 9.55 Å². The lowest BCUT2D eigenvalue weighted by atomic mass is 10.2. The molecule has 1 heterocycles. The van der Waals surface area contributed by atoms with Crippen LogP contribution in [0.2, 0.25) is 0 Å². The first-order valence-corrected chi connectivity index (χ1v) is 5.48. The molecule has 0 aliphatic carbocycles. The molecule has 14 heavy (non-hydrogen) atoms. The van der Waals surface area contributed by atoms with Crippen molar-refractivity contribution in [1.82, 2.24) is 9.55 Å². The maximum Gasteiger partial charge on any atom is 0.114 e. The van der Waals surface area contributed by atoms with Gasteiger partial charge in [0.2, 0.25) is 0 Å². The minimum absolute atomic E-state index is 0.984. The largest absolute Gasteiger partial charge is 0.339 e. The quantitative estimate of drug-likeness (QED) is 0.715. The molecule has 0 spiro atoms. The fourth-order valence-corrected chi connectivity index (χ4v) is 2.06. The molecule has 0 fully saturated rings. The monoisotopic (exact) mass is 204 g/mol. The van der Waals surface area contributed by atoms with Crippen molar-refractivity contribution < 1.29 is 0 Å². The number of hydrogen-bond donors (Lipinski definition) is 0. The van der Waals surface area contributed by atoms with Gasteiger partial charge in [0.25, 0.3) is 0 Å². The van der Waals surface area contributed by atoms with Crippen LogP contribution in [0.25, 0.3) is 0 Å². The Morgan fingerprint density at radius 1 is 1.29 bits per heavy atom. The molecule has 0 saturated heterocycles. The number of hydrogen-bond acceptors (Lipinski definition) is 2. The number of imidazole rings is 1. The maximum atomic E-state index is 4.26. The molecule has 2 nitrogen and oxygen atoms in total. The van der Waals surface area contributed by atoms with E-state index in [4.69, 9.17) is 0 Å². The molecule has 0 N–H and O–H groups in total. The lowest BCUT2D eigenvalue weighted by Crippen LogP contribution is -1.79. The highest BCUT2D eigenvalue weighted by molar-refractivity contribution is 7.98. The zero-order valence-corrected chi connectivity index (χ0v) is 8.87. The smallest absolute Gasteiger partial charge is 0.114 e. The summed E-state index contributed by atoms with van der Waals surface area (Å²) in [7, 11) is 1.99. The number of rotatable bonds is 3. The van der Waals surface area contributed by atoms with Crippen LogP contribution in [0.4, 0.5) is 0 Å². The number of aryl methyl sites for hydroxylation is 1. The number of benzene rings is 1. The van der Waals surface area contributed by atoms with Crippen LogP contribution in [0.15, 0.2) is 47.9 Å². The van der Waals surface area contributed by atoms with Gasteiger partial charge in [0.05, 0.1) is 6.33 Å². The molecular formula is C11H12N2S. The van der Waals surface area contributed by atoms with Crippen LogP contribution < -0.4 is 0 Å². The lowest BCUT2D eigenvalue weighted by Gasteiger charge is -1.97. The summed E-state index contributed by atoms with van der Waals surface area (Å²) in [6.45, 7) is 0. The van der Waals surface area contributed by atoms with E-state index in [-0.39, 0.29) is 0 Å². The van der Waals surface area contributed by atoms with Gasteiger partial charge in [-0.15, -0.1) is 11.8 Å². The van der Waals surface area contributed by atoms with Crippen LogP contribution in [0, 0.1) is 0 Å². The average Bonchev–Trinajstić information content (AvgIpc) is 2.63. The number of aromatic nitrogens is 2. The molecule has 0 unspecified atom stereocenters. The first-order valence-electron chi connectivity index (χ1n) is 4.49. The predicted octanol–water partition coefficient (Wildman–Crippen LogP) is 2.71. The van der Waals surface area contributed by atoms with Crippen molar-refractivity contribution in [2.45, 2.75) is 10.8 Å². The third-order valence-corrected chi connectivity index (χ3v) is 2.89. The standard InChI is InChI=1S/C11H12N2S/c1-13-7-11(12-9-13)14-8-10-5-3-2-4-6-10/h2-7,9H,8H2,1H3. The van der Waals surface area contributed by atoms with E-state index in [2.05, 4.69) is 29.2 Å². The highest BCUT2D eigenvalue weighted by atomic mass is 32.2. The normalized spacial score (nSPS) is 10.4. The van der Waals surface area contributed by atoms with Crippen molar-refractivity contribution in [3.05, 3.63) is 48.4 Å². The van der Waals surface area contributed by atoms with Gasteiger partial charge in [0.1, 0.15) is 5.03 Å². The minimum Gasteiger partial charge on any atom is -0.339 e. The molecule has 1 aromatic carbocycles. The van der Waals surface area contributed by atoms with E-state index >= 15 is 0 Å². The number of nitrogens with zero attached hydrogens (tertiary/aromatic N) is 2. The Kier molecular flexibility index (Phi) is 2.89. The third-order valence-electron chi connectivity index (χ3n) is 1.91. The van der Waals surface area contributed by atoms with Crippen LogP contribution in [0.1, 0.15) is 5.56 Å². The zero-order chi connectivity index (χ0) is 9.80. The van der Waals surface area contributed by atoms with Crippen LogP contribution in [0.3, 0.4) is 0 Å². The molecule has 0 saturated carbocycles. The summed E-state index contributed by atoms with van der Waals surface area (Å²) in [6.07, 6.45) is 3.86. The summed E-state index contributed by atoms with van der Waals surface area (Å²) in [6, 6.07) is 10.4. The fourth-order valence-electron chi connectivity index (χ4n) is 1.19. The van der Waals surface area contributed by atoms with E-state index in [0.29, 0.717) is 0 Å². The predicted molar refractivity (Wildman–Crippen MR) is 59.2 cm³/mol. The van der Waals surface area contributed by atoms with Crippen molar-refractivity contribution in [3.8, 4) is 0 Å². The Morgan fingerprint density at radius 3 is 2.71 bits per heavy atom. The molecule has 0 radical (unpaired) electrons. The zero-order valence-electron chi connectivity index (χ0n) is 8.05. The van der Waals surface area contributed by atoms with E-state index in [9.17, 15) is 0 Å². The van der Waals surface area contributed by atoms with Gasteiger partial charge in [-0.2, -0.15) is 0 Å². The molecule has 2 rings (SSSR count). The summed E-state index contributed by atoms with van der Waals surface area (Å²) < 4.78 is 1.97. The summed E-state index contributed by atoms with van der Waals surface area (Å²) in [5, 5.41) is 1.08. The van der Waals surface area contributed by atoms with E-state index in [1.54, 1.807) is 11.8 Å². The molecule has 0 aliphatic rings. The second kappa shape index (κ2) is 4.33. The van der Waals surface area contributed by atoms with Gasteiger partial charge < -0.3 is 4.57 Å². The Balaban J connectivity index is 1.95. The molecule has 1 aromatic heterocycles. The SMILES string of the molecule is Cn1cnc(SCc2ccccc2)c1. The van der Waals surface area contributed by atoms with E-state index in [1.165, 1.54) is 5.56 Å². The van der Waals surface area contributed by atoms with Gasteiger partial charge in [0.15, 0.2) is 0 Å². The van der Waals surface area contributed by atoms with Crippen molar-refractivity contribution >= 4 is 11.8 Å². The molecule has 0 atom stereocenters. The third kappa shape index (κ3) is 2.39. The number of thioether (sulfide) groups is 1. The molecular weight excluding hydrogens is 192 g/mol. The molecule has 72 valence electrons. The van der Waals surface area contributed by atoms with Crippen LogP contribution >= 0.6 is 11.8 Å². The van der Waals surface area contributed by atoms with E-state index in [0.717, 1.165) is 10.8 Å². The van der Waals surface area contributed by atoms with E-state index < -0.39 is 0 Å². The van der Waals surface area contributed by atoms with Gasteiger partial charge in [-0.05, 0) is 5.56 Å². The van der Waals surface area contributed by atoms with Gasteiger partial charge in [-0.3, -0.25) is 0 Å². The Hall–Kier alpha value is -1.22. The highest BCUT2D eigenvalue weighted by Crippen LogP contribution is 2.19. The molecule has 0 aliphatic heterocycles. The Labute approximate surface area is 88.0 Å². The summed E-state index contributed by atoms with van der Waals surface area (Å²) in [4.78, 5) is 4.26. The van der Waals surface area contributed by atoms with Gasteiger partial charge in [0, 0.05) is 19.0 Å². The minimum atomic E-state index is 0.984. The van der Waals surface area contributed by atoms with Crippen molar-refractivity contribution in [3.63, 3.8) is 0 Å². The maximum absolute atomic E-state index is 4.26.